The maximum Gasteiger partial charge on any atom is 0.345 e. The summed E-state index contributed by atoms with van der Waals surface area (Å²) in [5.74, 6) is -0.677. The van der Waals surface area contributed by atoms with Crippen LogP contribution in [-0.2, 0) is 22.6 Å². The fraction of sp³-hybridized carbons (Fsp3) is 0.388. The number of nitrogens with zero attached hydrogens (tertiary/aromatic N) is 7. The smallest absolute Gasteiger partial charge is 0.345 e. The Morgan fingerprint density at radius 3 is 2.35 bits per heavy atom. The Bertz CT molecular complexity index is 2810. The molecule has 68 heavy (non-hydrogen) atoms. The normalized spacial score (nSPS) is 18.4. The van der Waals surface area contributed by atoms with E-state index in [1.54, 1.807) is 42.6 Å². The highest BCUT2D eigenvalue weighted by molar-refractivity contribution is 7.22. The molecule has 0 amide bonds. The molecule has 0 unspecified atom stereocenters. The fourth-order valence-corrected chi connectivity index (χ4v) is 10.7. The number of carboxylic acid groups (broad SMARTS) is 2. The van der Waals surface area contributed by atoms with Crippen LogP contribution in [-0.4, -0.2) is 124 Å². The Kier molecular flexibility index (Phi) is 14.2. The molecule has 4 aliphatic heterocycles. The summed E-state index contributed by atoms with van der Waals surface area (Å²) >= 11 is 16.0. The third kappa shape index (κ3) is 10.3. The number of thiophene rings is 1. The SMILES string of the molecule is Cc1c(Cl)c2c(Cl)c(C)c1-c1c(-c3ccc(F)cc3)sc3ncnc(c13)O[C@@H](C(=O)O)Cc1cc(ccc1OCc1ccnc(N3CCC(CC(=O)O)CC3)n1)OC[C@@H](CN1CCN(C)CC1)O2. The van der Waals surface area contributed by atoms with Gasteiger partial charge in [-0.1, -0.05) is 35.3 Å². The van der Waals surface area contributed by atoms with Crippen molar-refractivity contribution in [3.8, 4) is 44.7 Å². The van der Waals surface area contributed by atoms with Gasteiger partial charge in [0, 0.05) is 80.9 Å². The van der Waals surface area contributed by atoms with Gasteiger partial charge in [0.25, 0.3) is 0 Å². The van der Waals surface area contributed by atoms with Gasteiger partial charge < -0.3 is 39.0 Å². The van der Waals surface area contributed by atoms with Crippen LogP contribution in [0, 0.1) is 25.6 Å². The lowest BCUT2D eigenvalue weighted by Gasteiger charge is -2.35. The van der Waals surface area contributed by atoms with Crippen LogP contribution in [0.3, 0.4) is 0 Å². The summed E-state index contributed by atoms with van der Waals surface area (Å²) in [5.41, 5.74) is 4.30. The third-order valence-corrected chi connectivity index (χ3v) is 14.9. The molecule has 0 spiro atoms. The van der Waals surface area contributed by atoms with E-state index in [0.717, 1.165) is 39.0 Å². The van der Waals surface area contributed by atoms with Gasteiger partial charge in [-0.25, -0.2) is 29.1 Å². The number of benzene rings is 3. The number of piperidine rings is 1. The molecule has 19 heteroatoms. The van der Waals surface area contributed by atoms with Gasteiger partial charge in [-0.05, 0) is 98.3 Å². The zero-order valence-electron chi connectivity index (χ0n) is 37.7. The number of fused-ring (bicyclic) bond motifs is 7. The van der Waals surface area contributed by atoms with Gasteiger partial charge in [0.05, 0.1) is 21.1 Å². The van der Waals surface area contributed by atoms with E-state index in [0.29, 0.717) is 97.0 Å². The lowest BCUT2D eigenvalue weighted by Crippen LogP contribution is -2.49. The number of likely N-dealkylation sites (N-methyl/N-ethyl adjacent to an activating group) is 1. The van der Waals surface area contributed by atoms with Gasteiger partial charge in [0.1, 0.15) is 47.8 Å². The largest absolute Gasteiger partial charge is 0.490 e. The van der Waals surface area contributed by atoms with Crippen molar-refractivity contribution in [3.05, 3.63) is 99.3 Å². The van der Waals surface area contributed by atoms with Crippen LogP contribution in [0.2, 0.25) is 10.0 Å². The first kappa shape index (κ1) is 47.2. The molecular weight excluding hydrogens is 937 g/mol. The minimum atomic E-state index is -1.48. The minimum absolute atomic E-state index is 0.0142. The molecule has 15 nitrogen and oxygen atoms in total. The molecule has 7 heterocycles. The lowest BCUT2D eigenvalue weighted by atomic mass is 9.92. The first-order chi connectivity index (χ1) is 32.8. The number of ether oxygens (including phenoxy) is 4. The van der Waals surface area contributed by atoms with E-state index in [-0.39, 0.29) is 47.9 Å². The van der Waals surface area contributed by atoms with Gasteiger partial charge in [-0.3, -0.25) is 9.69 Å². The predicted octanol–water partition coefficient (Wildman–Crippen LogP) is 8.61. The molecule has 0 radical (unpaired) electrons. The summed E-state index contributed by atoms with van der Waals surface area (Å²) in [6.45, 7) is 9.07. The second-order valence-corrected chi connectivity index (χ2v) is 19.2. The molecule has 0 aliphatic carbocycles. The Hall–Kier alpha value is -5.85. The zero-order chi connectivity index (χ0) is 47.6. The van der Waals surface area contributed by atoms with Crippen LogP contribution in [0.1, 0.15) is 41.6 Å². The molecular formula is C49H50Cl2FN7O8S. The molecule has 356 valence electrons. The average molecular weight is 987 g/mol. The molecule has 0 saturated carbocycles. The molecule has 2 saturated heterocycles. The highest BCUT2D eigenvalue weighted by Gasteiger charge is 2.32. The number of carboxylic acids is 2. The number of halogens is 3. The number of hydrogen-bond acceptors (Lipinski definition) is 14. The maximum absolute atomic E-state index is 14.4. The number of anilines is 1. The Morgan fingerprint density at radius 1 is 0.912 bits per heavy atom. The number of carbonyl (C=O) groups is 2. The Morgan fingerprint density at radius 2 is 1.65 bits per heavy atom. The predicted molar refractivity (Wildman–Crippen MR) is 257 cm³/mol. The molecule has 2 fully saturated rings. The van der Waals surface area contributed by atoms with E-state index in [2.05, 4.69) is 31.8 Å². The maximum atomic E-state index is 14.4. The number of aromatic nitrogens is 4. The quantitative estimate of drug-likeness (QED) is 0.134. The fourth-order valence-electron chi connectivity index (χ4n) is 9.07. The average Bonchev–Trinajstić information content (AvgIpc) is 3.71. The number of piperazine rings is 1. The summed E-state index contributed by atoms with van der Waals surface area (Å²) in [6.07, 6.45) is 2.38. The van der Waals surface area contributed by atoms with Crippen molar-refractivity contribution in [2.45, 2.75) is 58.3 Å². The second-order valence-electron chi connectivity index (χ2n) is 17.5. The summed E-state index contributed by atoms with van der Waals surface area (Å²) in [7, 11) is 2.10. The second kappa shape index (κ2) is 20.4. The highest BCUT2D eigenvalue weighted by atomic mass is 35.5. The lowest BCUT2D eigenvalue weighted by molar-refractivity contribution is -0.145. The summed E-state index contributed by atoms with van der Waals surface area (Å²) in [5, 5.41) is 21.2. The van der Waals surface area contributed by atoms with E-state index < -0.39 is 30.0 Å². The highest BCUT2D eigenvalue weighted by Crippen LogP contribution is 2.53. The Labute approximate surface area is 406 Å². The third-order valence-electron chi connectivity index (χ3n) is 12.8. The van der Waals surface area contributed by atoms with E-state index in [9.17, 15) is 24.2 Å². The van der Waals surface area contributed by atoms with Crippen LogP contribution >= 0.6 is 34.5 Å². The summed E-state index contributed by atoms with van der Waals surface area (Å²) in [4.78, 5) is 50.9. The molecule has 3 aromatic heterocycles. The molecule has 6 aromatic rings. The summed E-state index contributed by atoms with van der Waals surface area (Å²) < 4.78 is 40.6. The molecule has 3 aromatic carbocycles. The van der Waals surface area contributed by atoms with Gasteiger partial charge in [-0.2, -0.15) is 0 Å². The molecule has 4 bridgehead atoms. The zero-order valence-corrected chi connectivity index (χ0v) is 40.0. The first-order valence-electron chi connectivity index (χ1n) is 22.5. The van der Waals surface area contributed by atoms with Crippen molar-refractivity contribution < 1.29 is 43.1 Å². The van der Waals surface area contributed by atoms with Gasteiger partial charge in [0.15, 0.2) is 5.75 Å². The molecule has 4 aliphatic rings. The number of aliphatic carboxylic acids is 2. The van der Waals surface area contributed by atoms with E-state index in [4.69, 9.17) is 47.1 Å². The Balaban J connectivity index is 1.12. The van der Waals surface area contributed by atoms with Crippen LogP contribution in [0.5, 0.6) is 23.1 Å². The van der Waals surface area contributed by atoms with Gasteiger partial charge in [-0.15, -0.1) is 11.3 Å². The van der Waals surface area contributed by atoms with E-state index in [1.165, 1.54) is 29.8 Å². The summed E-state index contributed by atoms with van der Waals surface area (Å²) in [6, 6.07) is 13.1. The molecule has 2 atom stereocenters. The monoisotopic (exact) mass is 985 g/mol. The van der Waals surface area contributed by atoms with Crippen molar-refractivity contribution in [2.75, 3.05) is 64.4 Å². The standard InChI is InChI=1S/C49H50Cl2FN7O8S/c1-27-39-28(2)43(51)44(42(27)50)66-35(23-58-18-16-57(3)17-19-58)25-64-34-8-9-36(65-24-33-10-13-53-49(56-33)59-14-11-29(12-15-59)20-38(60)61)31(21-34)22-37(48(62)63)67-46-41-40(39)45(68-47(41)55-26-54-46)30-4-6-32(52)7-5-30/h4-10,13,21,26,29,35,37H,11-12,14-20,22-25H2,1-3H3,(H,60,61)(H,62,63)/t35-,37-/m1/s1. The number of rotatable bonds is 10. The van der Waals surface area contributed by atoms with Crippen molar-refractivity contribution in [3.63, 3.8) is 0 Å². The molecule has 10 rings (SSSR count). The van der Waals surface area contributed by atoms with Crippen LogP contribution in [0.4, 0.5) is 10.3 Å². The van der Waals surface area contributed by atoms with Crippen LogP contribution < -0.4 is 23.8 Å². The number of hydrogen-bond donors (Lipinski definition) is 2. The van der Waals surface area contributed by atoms with Gasteiger partial charge >= 0.3 is 11.9 Å². The van der Waals surface area contributed by atoms with Crippen LogP contribution in [0.25, 0.3) is 31.8 Å². The van der Waals surface area contributed by atoms with Crippen molar-refractivity contribution in [1.82, 2.24) is 29.7 Å². The van der Waals surface area contributed by atoms with Gasteiger partial charge in [0.2, 0.25) is 17.9 Å². The van der Waals surface area contributed by atoms with E-state index >= 15 is 0 Å². The molecule has 2 N–H and O–H groups in total. The van der Waals surface area contributed by atoms with Crippen molar-refractivity contribution in [2.24, 2.45) is 5.92 Å². The van der Waals surface area contributed by atoms with Crippen LogP contribution in [0.15, 0.2) is 61.1 Å². The topological polar surface area (TPSA) is 173 Å². The first-order valence-corrected chi connectivity index (χ1v) is 24.0. The van der Waals surface area contributed by atoms with E-state index in [1.807, 2.05) is 18.7 Å². The van der Waals surface area contributed by atoms with Crippen molar-refractivity contribution in [1.29, 1.82) is 0 Å². The van der Waals surface area contributed by atoms with Crippen molar-refractivity contribution >= 4 is 62.6 Å². The minimum Gasteiger partial charge on any atom is -0.490 e.